The first-order valence-corrected chi connectivity index (χ1v) is 8.02. The molecule has 116 valence electrons. The lowest BCUT2D eigenvalue weighted by molar-refractivity contribution is -0.738. The van der Waals surface area contributed by atoms with E-state index in [2.05, 4.69) is 4.98 Å². The molecule has 3 rings (SSSR count). The minimum atomic E-state index is 0.246. The Morgan fingerprint density at radius 3 is 2.26 bits per heavy atom. The fraction of sp³-hybridized carbons (Fsp3) is 0.0588. The van der Waals surface area contributed by atoms with Gasteiger partial charge in [-0.1, -0.05) is 77.6 Å². The fourth-order valence-corrected chi connectivity index (χ4v) is 2.75. The molecular weight excluding hydrogens is 310 g/mol. The van der Waals surface area contributed by atoms with Gasteiger partial charge in [-0.05, 0) is 0 Å². The highest BCUT2D eigenvalue weighted by Crippen LogP contribution is 2.35. The highest BCUT2D eigenvalue weighted by molar-refractivity contribution is 7.99. The number of nitrogens with zero attached hydrogens (tertiary/aromatic N) is 1. The van der Waals surface area contributed by atoms with Gasteiger partial charge < -0.3 is 9.62 Å². The van der Waals surface area contributed by atoms with Crippen molar-refractivity contribution in [2.75, 3.05) is 5.75 Å². The van der Waals surface area contributed by atoms with Crippen LogP contribution in [0.15, 0.2) is 70.3 Å². The number of amidine groups is 1. The predicted octanol–water partition coefficient (Wildman–Crippen LogP) is 1.93. The van der Waals surface area contributed by atoms with Crippen LogP contribution in [0, 0.1) is 0 Å². The Hall–Kier alpha value is -2.73. The second-order valence-electron chi connectivity index (χ2n) is 4.82. The molecule has 0 aliphatic heterocycles. The molecule has 0 atom stereocenters. The first kappa shape index (κ1) is 15.2. The molecule has 0 radical (unpaired) electrons. The maximum absolute atomic E-state index is 8.75. The van der Waals surface area contributed by atoms with Crippen LogP contribution in [0.5, 0.6) is 0 Å². The maximum atomic E-state index is 8.75. The normalized spacial score (nSPS) is 11.6. The molecule has 2 aromatic carbocycles. The molecule has 0 aliphatic rings. The summed E-state index contributed by atoms with van der Waals surface area (Å²) in [5.41, 5.74) is 8.29. The van der Waals surface area contributed by atoms with Gasteiger partial charge in [-0.3, -0.25) is 5.73 Å². The summed E-state index contributed by atoms with van der Waals surface area (Å²) < 4.78 is 5.92. The molecule has 3 aromatic rings. The molecule has 6 heteroatoms. The van der Waals surface area contributed by atoms with Crippen LogP contribution in [0.3, 0.4) is 0 Å². The molecule has 1 heterocycles. The van der Waals surface area contributed by atoms with E-state index in [1.54, 1.807) is 0 Å². The number of oxazole rings is 1. The van der Waals surface area contributed by atoms with Gasteiger partial charge >= 0.3 is 0 Å². The number of hydrogen-bond donors (Lipinski definition) is 3. The Balaban J connectivity index is 2.01. The summed E-state index contributed by atoms with van der Waals surface area (Å²) in [5.74, 6) is 1.32. The molecule has 0 spiro atoms. The van der Waals surface area contributed by atoms with E-state index >= 15 is 0 Å². The molecule has 0 fully saturated rings. The molecule has 0 amide bonds. The van der Waals surface area contributed by atoms with E-state index < -0.39 is 0 Å². The van der Waals surface area contributed by atoms with Crippen LogP contribution < -0.4 is 10.9 Å². The Labute approximate surface area is 137 Å². The molecule has 5 nitrogen and oxygen atoms in total. The zero-order valence-electron chi connectivity index (χ0n) is 12.3. The number of nitrogens with one attached hydrogen (secondary N) is 1. The number of nitrogens with two attached hydrogens (primary N) is 1. The summed E-state index contributed by atoms with van der Waals surface area (Å²) in [6.45, 7) is 0. The van der Waals surface area contributed by atoms with E-state index in [0.717, 1.165) is 22.6 Å². The minimum absolute atomic E-state index is 0.246. The number of benzene rings is 2. The lowest BCUT2D eigenvalue weighted by Gasteiger charge is -2.00. The van der Waals surface area contributed by atoms with Crippen LogP contribution >= 0.6 is 11.8 Å². The van der Waals surface area contributed by atoms with Gasteiger partial charge in [0.2, 0.25) is 0 Å². The van der Waals surface area contributed by atoms with Gasteiger partial charge in [-0.15, -0.1) is 0 Å². The molecule has 0 unspecified atom stereocenters. The lowest BCUT2D eigenvalue weighted by atomic mass is 10.1. The van der Waals surface area contributed by atoms with Crippen LogP contribution in [-0.2, 0) is 0 Å². The van der Waals surface area contributed by atoms with Crippen LogP contribution in [0.4, 0.5) is 0 Å². The first-order valence-electron chi connectivity index (χ1n) is 7.04. The highest BCUT2D eigenvalue weighted by atomic mass is 32.2. The first-order chi connectivity index (χ1) is 11.3. The van der Waals surface area contributed by atoms with E-state index in [4.69, 9.17) is 15.4 Å². The minimum Gasteiger partial charge on any atom is -0.431 e. The fourth-order valence-electron chi connectivity index (χ4n) is 2.11. The second-order valence-corrected chi connectivity index (χ2v) is 5.74. The van der Waals surface area contributed by atoms with Gasteiger partial charge in [0, 0.05) is 11.1 Å². The van der Waals surface area contributed by atoms with E-state index in [-0.39, 0.29) is 5.84 Å². The largest absolute Gasteiger partial charge is 0.431 e. The van der Waals surface area contributed by atoms with Crippen molar-refractivity contribution in [1.82, 2.24) is 4.98 Å². The zero-order valence-corrected chi connectivity index (χ0v) is 13.1. The smallest absolute Gasteiger partial charge is 0.289 e. The molecule has 1 aromatic heterocycles. The monoisotopic (exact) mass is 326 g/mol. The van der Waals surface area contributed by atoms with Crippen LogP contribution in [0.1, 0.15) is 0 Å². The third-order valence-corrected chi connectivity index (χ3v) is 4.06. The van der Waals surface area contributed by atoms with Crippen molar-refractivity contribution < 1.29 is 14.8 Å². The molecule has 0 saturated heterocycles. The van der Waals surface area contributed by atoms with E-state index in [1.165, 1.54) is 11.8 Å². The van der Waals surface area contributed by atoms with Gasteiger partial charge in [0.25, 0.3) is 11.1 Å². The standard InChI is InChI=1S/C17H15N3O2S/c18-14(20-21)11-23-17-19-15(12-7-3-1-4-8-12)16(22-17)13-9-5-2-6-10-13/h1-10,21H,11H2,(H2,18,20)/p+1. The van der Waals surface area contributed by atoms with Crippen LogP contribution in [0.2, 0.25) is 0 Å². The Kier molecular flexibility index (Phi) is 4.63. The Bertz CT molecular complexity index is 744. The zero-order chi connectivity index (χ0) is 16.1. The third-order valence-electron chi connectivity index (χ3n) is 3.19. The molecule has 4 N–H and O–H groups in total. The molecule has 23 heavy (non-hydrogen) atoms. The van der Waals surface area contributed by atoms with Crippen molar-refractivity contribution in [3.05, 3.63) is 60.7 Å². The quantitative estimate of drug-likeness (QED) is 0.219. The molecule has 0 saturated carbocycles. The summed E-state index contributed by atoms with van der Waals surface area (Å²) in [4.78, 5) is 4.58. The van der Waals surface area contributed by atoms with Crippen LogP contribution in [-0.4, -0.2) is 21.8 Å². The Morgan fingerprint density at radius 1 is 1.04 bits per heavy atom. The van der Waals surface area contributed by atoms with Crippen LogP contribution in [0.25, 0.3) is 22.6 Å². The number of thioether (sulfide) groups is 1. The third kappa shape index (κ3) is 3.54. The number of hydrogen-bond acceptors (Lipinski definition) is 4. The average molecular weight is 326 g/mol. The SMILES string of the molecule is NC(CSc1nc(-c2ccccc2)c(-c2ccccc2)o1)=[NH+]O. The second kappa shape index (κ2) is 7.02. The average Bonchev–Trinajstić information content (AvgIpc) is 3.05. The van der Waals surface area contributed by atoms with Crippen molar-refractivity contribution in [3.63, 3.8) is 0 Å². The van der Waals surface area contributed by atoms with Crippen molar-refractivity contribution in [3.8, 4) is 22.6 Å². The summed E-state index contributed by atoms with van der Waals surface area (Å²) in [5, 5.41) is 11.2. The summed E-state index contributed by atoms with van der Waals surface area (Å²) in [7, 11) is 0. The van der Waals surface area contributed by atoms with Gasteiger partial charge in [0.15, 0.2) is 5.76 Å². The predicted molar refractivity (Wildman–Crippen MR) is 90.0 cm³/mol. The van der Waals surface area contributed by atoms with E-state index in [9.17, 15) is 0 Å². The van der Waals surface area contributed by atoms with Crippen molar-refractivity contribution in [2.45, 2.75) is 5.22 Å². The van der Waals surface area contributed by atoms with Gasteiger partial charge in [-0.2, -0.15) is 0 Å². The van der Waals surface area contributed by atoms with Crippen molar-refractivity contribution in [1.29, 1.82) is 0 Å². The van der Waals surface area contributed by atoms with Gasteiger partial charge in [-0.25, -0.2) is 4.98 Å². The summed E-state index contributed by atoms with van der Waals surface area (Å²) in [6, 6.07) is 19.7. The molecular formula is C17H16N3O2S+. The number of rotatable bonds is 5. The molecule has 0 bridgehead atoms. The van der Waals surface area contributed by atoms with Gasteiger partial charge in [0.05, 0.1) is 0 Å². The number of aromatic nitrogens is 1. The van der Waals surface area contributed by atoms with E-state index in [1.807, 2.05) is 65.8 Å². The van der Waals surface area contributed by atoms with Gasteiger partial charge in [0.1, 0.15) is 11.4 Å². The topological polar surface area (TPSA) is 86.2 Å². The maximum Gasteiger partial charge on any atom is 0.289 e. The summed E-state index contributed by atoms with van der Waals surface area (Å²) >= 11 is 1.32. The Morgan fingerprint density at radius 2 is 1.65 bits per heavy atom. The van der Waals surface area contributed by atoms with Crippen molar-refractivity contribution >= 4 is 17.6 Å². The highest BCUT2D eigenvalue weighted by Gasteiger charge is 2.17. The summed E-state index contributed by atoms with van der Waals surface area (Å²) in [6.07, 6.45) is 0. The lowest BCUT2D eigenvalue weighted by Crippen LogP contribution is -2.72. The van der Waals surface area contributed by atoms with E-state index in [0.29, 0.717) is 11.0 Å². The molecule has 0 aliphatic carbocycles. The van der Waals surface area contributed by atoms with Crippen molar-refractivity contribution in [2.24, 2.45) is 5.73 Å².